The van der Waals surface area contributed by atoms with Crippen molar-refractivity contribution in [1.82, 2.24) is 14.3 Å². The molecule has 1 fully saturated rings. The molecular formula is C8H18N4O4S. The fourth-order valence-corrected chi connectivity index (χ4v) is 2.66. The third-order valence-electron chi connectivity index (χ3n) is 2.47. The van der Waals surface area contributed by atoms with E-state index in [4.69, 9.17) is 10.8 Å². The maximum atomic E-state index is 11.7. The Hall–Kier alpha value is -0.740. The maximum absolute atomic E-state index is 11.7. The molecule has 0 aromatic rings. The van der Waals surface area contributed by atoms with Gasteiger partial charge in [-0.05, 0) is 6.42 Å². The predicted octanol–water partition coefficient (Wildman–Crippen LogP) is -2.47. The van der Waals surface area contributed by atoms with Crippen molar-refractivity contribution in [1.29, 1.82) is 0 Å². The van der Waals surface area contributed by atoms with Crippen molar-refractivity contribution >= 4 is 16.2 Å². The van der Waals surface area contributed by atoms with Crippen molar-refractivity contribution in [2.75, 3.05) is 32.7 Å². The minimum absolute atomic E-state index is 0.0275. The molecule has 0 aromatic carbocycles. The maximum Gasteiger partial charge on any atom is 0.320 e. The molecule has 1 atom stereocenters. The van der Waals surface area contributed by atoms with E-state index in [0.29, 0.717) is 26.2 Å². The molecule has 0 amide bonds. The fraction of sp³-hybridized carbons (Fsp3) is 0.875. The van der Waals surface area contributed by atoms with Crippen LogP contribution in [0, 0.1) is 0 Å². The van der Waals surface area contributed by atoms with Gasteiger partial charge in [-0.1, -0.05) is 0 Å². The van der Waals surface area contributed by atoms with Crippen LogP contribution in [0.2, 0.25) is 0 Å². The summed E-state index contributed by atoms with van der Waals surface area (Å²) < 4.78 is 27.1. The van der Waals surface area contributed by atoms with Crippen LogP contribution in [0.5, 0.6) is 0 Å². The Morgan fingerprint density at radius 2 is 2.06 bits per heavy atom. The highest BCUT2D eigenvalue weighted by Crippen LogP contribution is 2.00. The molecule has 1 heterocycles. The summed E-state index contributed by atoms with van der Waals surface area (Å²) in [6.45, 7) is 2.10. The molecule has 5 N–H and O–H groups in total. The van der Waals surface area contributed by atoms with Gasteiger partial charge in [0.1, 0.15) is 6.04 Å². The first-order chi connectivity index (χ1) is 7.93. The van der Waals surface area contributed by atoms with Gasteiger partial charge in [0, 0.05) is 32.7 Å². The molecule has 9 heteroatoms. The molecule has 1 aliphatic heterocycles. The predicted molar refractivity (Wildman–Crippen MR) is 61.6 cm³/mol. The van der Waals surface area contributed by atoms with E-state index in [2.05, 4.69) is 10.0 Å². The van der Waals surface area contributed by atoms with E-state index in [1.807, 2.05) is 0 Å². The minimum atomic E-state index is -3.51. The largest absolute Gasteiger partial charge is 0.480 e. The summed E-state index contributed by atoms with van der Waals surface area (Å²) in [6, 6.07) is -1.04. The number of piperazine rings is 1. The highest BCUT2D eigenvalue weighted by atomic mass is 32.2. The van der Waals surface area contributed by atoms with Crippen LogP contribution in [0.25, 0.3) is 0 Å². The van der Waals surface area contributed by atoms with Crippen LogP contribution in [0.1, 0.15) is 6.42 Å². The lowest BCUT2D eigenvalue weighted by atomic mass is 10.2. The van der Waals surface area contributed by atoms with Gasteiger partial charge in [-0.3, -0.25) is 4.79 Å². The van der Waals surface area contributed by atoms with Crippen molar-refractivity contribution < 1.29 is 18.3 Å². The first-order valence-corrected chi connectivity index (χ1v) is 6.81. The van der Waals surface area contributed by atoms with Crippen molar-refractivity contribution in [2.45, 2.75) is 12.5 Å². The number of carboxylic acids is 1. The summed E-state index contributed by atoms with van der Waals surface area (Å²) in [6.07, 6.45) is 0.0701. The topological polar surface area (TPSA) is 125 Å². The van der Waals surface area contributed by atoms with Gasteiger partial charge in [-0.25, -0.2) is 4.72 Å². The molecule has 1 rings (SSSR count). The van der Waals surface area contributed by atoms with Crippen molar-refractivity contribution in [2.24, 2.45) is 5.73 Å². The Kier molecular flexibility index (Phi) is 5.28. The average Bonchev–Trinajstić information content (AvgIpc) is 2.29. The van der Waals surface area contributed by atoms with Crippen LogP contribution in [0.4, 0.5) is 0 Å². The molecule has 8 nitrogen and oxygen atoms in total. The lowest BCUT2D eigenvalue weighted by Gasteiger charge is -2.26. The van der Waals surface area contributed by atoms with E-state index in [-0.39, 0.29) is 13.0 Å². The Labute approximate surface area is 100 Å². The molecule has 0 saturated carbocycles. The first-order valence-electron chi connectivity index (χ1n) is 5.37. The molecule has 100 valence electrons. The molecule has 0 radical (unpaired) electrons. The monoisotopic (exact) mass is 266 g/mol. The third-order valence-corrected chi connectivity index (χ3v) is 4.09. The van der Waals surface area contributed by atoms with Crippen LogP contribution >= 0.6 is 0 Å². The third kappa shape index (κ3) is 4.56. The summed E-state index contributed by atoms with van der Waals surface area (Å²) in [4.78, 5) is 10.4. The molecular weight excluding hydrogens is 248 g/mol. The second-order valence-corrected chi connectivity index (χ2v) is 5.54. The highest BCUT2D eigenvalue weighted by Gasteiger charge is 2.23. The van der Waals surface area contributed by atoms with Gasteiger partial charge in [-0.15, -0.1) is 0 Å². The van der Waals surface area contributed by atoms with E-state index < -0.39 is 22.2 Å². The van der Waals surface area contributed by atoms with Gasteiger partial charge in [0.25, 0.3) is 10.2 Å². The number of nitrogens with two attached hydrogens (primary N) is 1. The van der Waals surface area contributed by atoms with Crippen LogP contribution in [-0.2, 0) is 15.0 Å². The minimum Gasteiger partial charge on any atom is -0.480 e. The highest BCUT2D eigenvalue weighted by molar-refractivity contribution is 7.87. The zero-order chi connectivity index (χ0) is 12.9. The second-order valence-electron chi connectivity index (χ2n) is 3.78. The number of hydrogen-bond acceptors (Lipinski definition) is 5. The Morgan fingerprint density at radius 1 is 1.47 bits per heavy atom. The van der Waals surface area contributed by atoms with E-state index in [1.54, 1.807) is 0 Å². The summed E-state index contributed by atoms with van der Waals surface area (Å²) in [5.41, 5.74) is 5.27. The van der Waals surface area contributed by atoms with Gasteiger partial charge in [-0.2, -0.15) is 12.7 Å². The molecule has 0 spiro atoms. The first kappa shape index (κ1) is 14.3. The van der Waals surface area contributed by atoms with Gasteiger partial charge in [0.2, 0.25) is 0 Å². The van der Waals surface area contributed by atoms with Crippen molar-refractivity contribution in [3.8, 4) is 0 Å². The van der Waals surface area contributed by atoms with E-state index in [1.165, 1.54) is 4.31 Å². The van der Waals surface area contributed by atoms with Gasteiger partial charge in [0.15, 0.2) is 0 Å². The van der Waals surface area contributed by atoms with E-state index in [9.17, 15) is 13.2 Å². The van der Waals surface area contributed by atoms with Gasteiger partial charge < -0.3 is 16.2 Å². The van der Waals surface area contributed by atoms with E-state index >= 15 is 0 Å². The molecule has 0 bridgehead atoms. The average molecular weight is 266 g/mol. The number of carbonyl (C=O) groups is 1. The van der Waals surface area contributed by atoms with Crippen LogP contribution in [-0.4, -0.2) is 62.6 Å². The number of nitrogens with zero attached hydrogens (tertiary/aromatic N) is 1. The Bertz CT molecular complexity index is 353. The summed E-state index contributed by atoms with van der Waals surface area (Å²) in [5.74, 6) is -1.13. The molecule has 1 saturated heterocycles. The zero-order valence-electron chi connectivity index (χ0n) is 9.42. The summed E-state index contributed by atoms with van der Waals surface area (Å²) in [5, 5.41) is 11.6. The van der Waals surface area contributed by atoms with Crippen LogP contribution in [0.3, 0.4) is 0 Å². The Balaban J connectivity index is 2.36. The molecule has 1 aliphatic rings. The molecule has 0 aliphatic carbocycles. The molecule has 0 aromatic heterocycles. The summed E-state index contributed by atoms with van der Waals surface area (Å²) >= 11 is 0. The number of aliphatic carboxylic acids is 1. The smallest absolute Gasteiger partial charge is 0.320 e. The quantitative estimate of drug-likeness (QED) is 0.422. The fourth-order valence-electron chi connectivity index (χ4n) is 1.44. The van der Waals surface area contributed by atoms with Gasteiger partial charge in [0.05, 0.1) is 0 Å². The van der Waals surface area contributed by atoms with Crippen LogP contribution < -0.4 is 15.8 Å². The summed E-state index contributed by atoms with van der Waals surface area (Å²) in [7, 11) is -3.51. The SMILES string of the molecule is N[C@@H](CCNS(=O)(=O)N1CCNCC1)C(=O)O. The Morgan fingerprint density at radius 3 is 2.59 bits per heavy atom. The number of nitrogens with one attached hydrogen (secondary N) is 2. The molecule has 0 unspecified atom stereocenters. The molecule has 17 heavy (non-hydrogen) atoms. The standard InChI is InChI=1S/C8H18N4O4S/c9-7(8(13)14)1-2-11-17(15,16)12-5-3-10-4-6-12/h7,10-11H,1-6,9H2,(H,13,14)/t7-/m0/s1. The normalized spacial score (nSPS) is 20.1. The zero-order valence-corrected chi connectivity index (χ0v) is 10.2. The lowest BCUT2D eigenvalue weighted by Crippen LogP contribution is -2.51. The number of carboxylic acid groups (broad SMARTS) is 1. The number of rotatable bonds is 6. The van der Waals surface area contributed by atoms with Gasteiger partial charge >= 0.3 is 5.97 Å². The lowest BCUT2D eigenvalue weighted by molar-refractivity contribution is -0.138. The van der Waals surface area contributed by atoms with Crippen molar-refractivity contribution in [3.05, 3.63) is 0 Å². The van der Waals surface area contributed by atoms with Crippen LogP contribution in [0.15, 0.2) is 0 Å². The number of hydrogen-bond donors (Lipinski definition) is 4. The second kappa shape index (κ2) is 6.26. The van der Waals surface area contributed by atoms with E-state index in [0.717, 1.165) is 0 Å². The van der Waals surface area contributed by atoms with Crippen molar-refractivity contribution in [3.63, 3.8) is 0 Å².